The van der Waals surface area contributed by atoms with Crippen LogP contribution in [0, 0.1) is 0 Å². The lowest BCUT2D eigenvalue weighted by molar-refractivity contribution is -0.0379. The molecule has 3 aromatic heterocycles. The molecule has 0 fully saturated rings. The summed E-state index contributed by atoms with van der Waals surface area (Å²) < 4.78 is 8.01. The van der Waals surface area contributed by atoms with Crippen LogP contribution in [-0.4, -0.2) is 36.7 Å². The predicted molar refractivity (Wildman–Crippen MR) is 125 cm³/mol. The molecule has 160 valence electrons. The first kappa shape index (κ1) is 20.9. The minimum Gasteiger partial charge on any atom is -0.370 e. The van der Waals surface area contributed by atoms with Gasteiger partial charge in [0, 0.05) is 28.3 Å². The van der Waals surface area contributed by atoms with E-state index in [1.54, 1.807) is 35.6 Å². The van der Waals surface area contributed by atoms with Crippen LogP contribution in [0.4, 0.5) is 0 Å². The second kappa shape index (κ2) is 7.85. The van der Waals surface area contributed by atoms with Gasteiger partial charge in [-0.3, -0.25) is 9.20 Å². The number of nitrogens with zero attached hydrogens (tertiary/aromatic N) is 4. The molecule has 9 heteroatoms. The first-order valence-electron chi connectivity index (χ1n) is 10.1. The van der Waals surface area contributed by atoms with Crippen LogP contribution in [-0.2, 0) is 24.2 Å². The standard InChI is InChI=1S/C22H21ClN4O2S2/c1-4-17-24-20-18(14-9-22(2,3)29-10-16(14)31-20)19-25-26-21(27(17)19)30-11-15(28)12-5-7-13(23)8-6-12/h5-8H,4,9-11H2,1-3H3. The zero-order valence-electron chi connectivity index (χ0n) is 17.4. The Morgan fingerprint density at radius 1 is 1.29 bits per heavy atom. The first-order valence-corrected chi connectivity index (χ1v) is 12.3. The molecule has 0 amide bonds. The number of hydrogen-bond donors (Lipinski definition) is 0. The molecule has 0 saturated carbocycles. The van der Waals surface area contributed by atoms with Crippen molar-refractivity contribution in [2.75, 3.05) is 5.75 Å². The molecule has 4 heterocycles. The Balaban J connectivity index is 1.54. The fraction of sp³-hybridized carbons (Fsp3) is 0.364. The van der Waals surface area contributed by atoms with Crippen molar-refractivity contribution in [2.24, 2.45) is 0 Å². The number of hydrogen-bond acceptors (Lipinski definition) is 7. The normalized spacial score (nSPS) is 15.5. The van der Waals surface area contributed by atoms with Gasteiger partial charge in [0.05, 0.1) is 23.3 Å². The summed E-state index contributed by atoms with van der Waals surface area (Å²) in [6, 6.07) is 6.95. The molecule has 0 unspecified atom stereocenters. The summed E-state index contributed by atoms with van der Waals surface area (Å²) in [5.41, 5.74) is 2.50. The largest absolute Gasteiger partial charge is 0.370 e. The Labute approximate surface area is 193 Å². The quantitative estimate of drug-likeness (QED) is 0.287. The molecule has 4 aromatic rings. The minimum atomic E-state index is -0.218. The summed E-state index contributed by atoms with van der Waals surface area (Å²) >= 11 is 9.00. The monoisotopic (exact) mass is 472 g/mol. The van der Waals surface area contributed by atoms with E-state index in [4.69, 9.17) is 21.3 Å². The molecule has 1 aromatic carbocycles. The number of halogens is 1. The van der Waals surface area contributed by atoms with Crippen LogP contribution in [0.15, 0.2) is 29.4 Å². The number of fused-ring (bicyclic) bond motifs is 5. The van der Waals surface area contributed by atoms with Crippen LogP contribution in [0.25, 0.3) is 15.9 Å². The van der Waals surface area contributed by atoms with Crippen molar-refractivity contribution in [1.82, 2.24) is 19.6 Å². The summed E-state index contributed by atoms with van der Waals surface area (Å²) in [5.74, 6) is 1.19. The first-order chi connectivity index (χ1) is 14.9. The van der Waals surface area contributed by atoms with Gasteiger partial charge in [0.2, 0.25) is 0 Å². The van der Waals surface area contributed by atoms with Crippen molar-refractivity contribution in [3.8, 4) is 0 Å². The summed E-state index contributed by atoms with van der Waals surface area (Å²) in [7, 11) is 0. The van der Waals surface area contributed by atoms with Gasteiger partial charge in [-0.1, -0.05) is 30.3 Å². The molecule has 5 rings (SSSR count). The molecule has 0 saturated heterocycles. The van der Waals surface area contributed by atoms with Gasteiger partial charge in [-0.15, -0.1) is 21.5 Å². The third kappa shape index (κ3) is 3.75. The number of thioether (sulfide) groups is 1. The maximum Gasteiger partial charge on any atom is 0.197 e. The van der Waals surface area contributed by atoms with Crippen molar-refractivity contribution in [1.29, 1.82) is 0 Å². The predicted octanol–water partition coefficient (Wildman–Crippen LogP) is 5.38. The van der Waals surface area contributed by atoms with Crippen LogP contribution < -0.4 is 0 Å². The van der Waals surface area contributed by atoms with Crippen molar-refractivity contribution in [2.45, 2.75) is 51.0 Å². The number of carbonyl (C=O) groups excluding carboxylic acids is 1. The summed E-state index contributed by atoms with van der Waals surface area (Å²) in [5, 5.41) is 11.3. The van der Waals surface area contributed by atoms with Crippen LogP contribution in [0.1, 0.15) is 47.4 Å². The van der Waals surface area contributed by atoms with E-state index in [-0.39, 0.29) is 17.1 Å². The molecule has 0 spiro atoms. The van der Waals surface area contributed by atoms with Crippen LogP contribution >= 0.6 is 34.7 Å². The number of thiophene rings is 1. The number of aryl methyl sites for hydroxylation is 1. The smallest absolute Gasteiger partial charge is 0.197 e. The zero-order valence-corrected chi connectivity index (χ0v) is 19.8. The zero-order chi connectivity index (χ0) is 21.8. The van der Waals surface area contributed by atoms with E-state index in [9.17, 15) is 4.79 Å². The van der Waals surface area contributed by atoms with Crippen molar-refractivity contribution in [3.63, 3.8) is 0 Å². The van der Waals surface area contributed by atoms with Gasteiger partial charge >= 0.3 is 0 Å². The van der Waals surface area contributed by atoms with Crippen LogP contribution in [0.5, 0.6) is 0 Å². The maximum atomic E-state index is 12.6. The van der Waals surface area contributed by atoms with Gasteiger partial charge in [0.1, 0.15) is 10.7 Å². The van der Waals surface area contributed by atoms with Crippen molar-refractivity contribution in [3.05, 3.63) is 51.1 Å². The molecule has 0 radical (unpaired) electrons. The summed E-state index contributed by atoms with van der Waals surface area (Å²) in [4.78, 5) is 19.8. The van der Waals surface area contributed by atoms with Crippen molar-refractivity contribution >= 4 is 56.3 Å². The number of aromatic nitrogens is 4. The third-order valence-electron chi connectivity index (χ3n) is 5.43. The Kier molecular flexibility index (Phi) is 5.29. The molecule has 0 atom stereocenters. The average Bonchev–Trinajstić information content (AvgIpc) is 3.32. The van der Waals surface area contributed by atoms with Gasteiger partial charge in [0.15, 0.2) is 16.6 Å². The number of rotatable bonds is 5. The molecular weight excluding hydrogens is 452 g/mol. The fourth-order valence-electron chi connectivity index (χ4n) is 3.86. The molecule has 0 bridgehead atoms. The lowest BCUT2D eigenvalue weighted by atomic mass is 9.94. The number of Topliss-reactive ketones (excluding diaryl/α,β-unsaturated/α-hetero) is 1. The molecule has 0 N–H and O–H groups in total. The highest BCUT2D eigenvalue weighted by Crippen LogP contribution is 2.40. The fourth-order valence-corrected chi connectivity index (χ4v) is 5.95. The maximum absolute atomic E-state index is 12.6. The highest BCUT2D eigenvalue weighted by molar-refractivity contribution is 7.99. The Morgan fingerprint density at radius 3 is 2.81 bits per heavy atom. The van der Waals surface area contributed by atoms with Crippen LogP contribution in [0.2, 0.25) is 5.02 Å². The topological polar surface area (TPSA) is 69.4 Å². The minimum absolute atomic E-state index is 0.0253. The third-order valence-corrected chi connectivity index (χ3v) is 7.71. The number of ketones is 1. The van der Waals surface area contributed by atoms with E-state index < -0.39 is 0 Å². The lowest BCUT2D eigenvalue weighted by Gasteiger charge is -2.30. The van der Waals surface area contributed by atoms with Gasteiger partial charge in [0.25, 0.3) is 0 Å². The average molecular weight is 473 g/mol. The van der Waals surface area contributed by atoms with Crippen LogP contribution in [0.3, 0.4) is 0 Å². The molecule has 1 aliphatic heterocycles. The molecule has 6 nitrogen and oxygen atoms in total. The second-order valence-electron chi connectivity index (χ2n) is 8.15. The molecule has 0 aliphatic carbocycles. The Bertz CT molecular complexity index is 1310. The van der Waals surface area contributed by atoms with E-state index in [0.29, 0.717) is 22.3 Å². The molecule has 1 aliphatic rings. The Morgan fingerprint density at radius 2 is 2.06 bits per heavy atom. The number of ether oxygens (including phenoxy) is 1. The Hall–Kier alpha value is -2.00. The molecular formula is C22H21ClN4O2S2. The van der Waals surface area contributed by atoms with Gasteiger partial charge < -0.3 is 4.74 Å². The number of benzene rings is 1. The van der Waals surface area contributed by atoms with E-state index in [1.165, 1.54) is 22.2 Å². The summed E-state index contributed by atoms with van der Waals surface area (Å²) in [6.45, 7) is 6.89. The van der Waals surface area contributed by atoms with E-state index in [2.05, 4.69) is 31.0 Å². The lowest BCUT2D eigenvalue weighted by Crippen LogP contribution is -2.31. The van der Waals surface area contributed by atoms with Gasteiger partial charge in [-0.05, 0) is 43.7 Å². The van der Waals surface area contributed by atoms with E-state index in [1.807, 2.05) is 4.40 Å². The SMILES string of the molecule is CCc1nc2sc3c(c2c2nnc(SCC(=O)c4ccc(Cl)cc4)n12)CC(C)(C)OC3. The van der Waals surface area contributed by atoms with Crippen molar-refractivity contribution < 1.29 is 9.53 Å². The second-order valence-corrected chi connectivity index (χ2v) is 10.6. The molecule has 31 heavy (non-hydrogen) atoms. The van der Waals surface area contributed by atoms with E-state index in [0.717, 1.165) is 34.5 Å². The number of carbonyl (C=O) groups is 1. The summed E-state index contributed by atoms with van der Waals surface area (Å²) in [6.07, 6.45) is 1.56. The van der Waals surface area contributed by atoms with Gasteiger partial charge in [-0.2, -0.15) is 0 Å². The highest BCUT2D eigenvalue weighted by atomic mass is 35.5. The highest BCUT2D eigenvalue weighted by Gasteiger charge is 2.31. The van der Waals surface area contributed by atoms with Gasteiger partial charge in [-0.25, -0.2) is 4.98 Å². The van der Waals surface area contributed by atoms with E-state index >= 15 is 0 Å².